The monoisotopic (exact) mass is 423 g/mol. The molecule has 1 aromatic carbocycles. The van der Waals surface area contributed by atoms with E-state index in [-0.39, 0.29) is 6.42 Å². The van der Waals surface area contributed by atoms with Gasteiger partial charge in [0.15, 0.2) is 0 Å². The number of fused-ring (bicyclic) bond motifs is 2. The molecule has 158 valence electrons. The van der Waals surface area contributed by atoms with Gasteiger partial charge < -0.3 is 20.1 Å². The van der Waals surface area contributed by atoms with E-state index in [9.17, 15) is 14.4 Å². The van der Waals surface area contributed by atoms with E-state index in [2.05, 4.69) is 10.6 Å². The van der Waals surface area contributed by atoms with Gasteiger partial charge >= 0.3 is 5.97 Å². The highest BCUT2D eigenvalue weighted by Gasteiger charge is 2.29. The van der Waals surface area contributed by atoms with Gasteiger partial charge in [0.05, 0.1) is 14.2 Å². The largest absolute Gasteiger partial charge is 0.496 e. The first-order valence-electron chi connectivity index (χ1n) is 9.17. The molecule has 3 atom stereocenters. The molecular weight excluding hydrogens is 398 g/mol. The molecule has 1 aliphatic heterocycles. The zero-order valence-corrected chi connectivity index (χ0v) is 17.7. The Morgan fingerprint density at radius 1 is 1.17 bits per heavy atom. The molecule has 0 saturated carbocycles. The number of benzene rings is 1. The Hall–Kier alpha value is -2.58. The third-order valence-corrected chi connectivity index (χ3v) is 4.85. The fourth-order valence-electron chi connectivity index (χ4n) is 3.10. The van der Waals surface area contributed by atoms with Crippen molar-refractivity contribution in [1.29, 1.82) is 0 Å². The van der Waals surface area contributed by atoms with Gasteiger partial charge in [-0.3, -0.25) is 9.59 Å². The molecule has 0 spiro atoms. The van der Waals surface area contributed by atoms with Crippen molar-refractivity contribution in [2.24, 2.45) is 0 Å². The Balaban J connectivity index is 2.46. The van der Waals surface area contributed by atoms with Crippen LogP contribution < -0.4 is 15.4 Å². The number of likely N-dealkylation sites (N-methyl/N-ethyl adjacent to an activating group) is 1. The molecule has 1 aliphatic rings. The number of carbonyl (C=O) groups excluding carboxylic acids is 3. The standard InChI is InChI=1S/C20H26ClN3O5/c1-12-18(25)23-15(20(27)29-4)8-6-5-7-13-11-14(9-10-16(13)28-3)17(24(2)21)19(26)22-12/h5-6,9-12,15,17H,7-8H2,1-4H3,(H,22,26)(H,23,25)/b6-5+/t12-,15-,17-/m0/s1. The average Bonchev–Trinajstić information content (AvgIpc) is 2.68. The summed E-state index contributed by atoms with van der Waals surface area (Å²) in [6.07, 6.45) is 4.44. The Morgan fingerprint density at radius 3 is 2.52 bits per heavy atom. The van der Waals surface area contributed by atoms with Crippen molar-refractivity contribution in [3.8, 4) is 5.75 Å². The lowest BCUT2D eigenvalue weighted by molar-refractivity contribution is -0.145. The molecule has 1 heterocycles. The normalized spacial score (nSPS) is 24.1. The molecule has 0 aromatic heterocycles. The zero-order chi connectivity index (χ0) is 21.6. The number of amides is 2. The molecule has 2 amide bonds. The number of methoxy groups -OCH3 is 2. The number of nitrogens with zero attached hydrogens (tertiary/aromatic N) is 1. The van der Waals surface area contributed by atoms with Gasteiger partial charge in [-0.1, -0.05) is 18.2 Å². The first-order valence-corrected chi connectivity index (χ1v) is 9.51. The number of hydrogen-bond acceptors (Lipinski definition) is 6. The van der Waals surface area contributed by atoms with E-state index >= 15 is 0 Å². The van der Waals surface area contributed by atoms with Crippen molar-refractivity contribution in [3.05, 3.63) is 41.5 Å². The smallest absolute Gasteiger partial charge is 0.328 e. The number of halogens is 1. The van der Waals surface area contributed by atoms with Crippen LogP contribution in [0.2, 0.25) is 0 Å². The maximum absolute atomic E-state index is 12.9. The topological polar surface area (TPSA) is 97.0 Å². The molecule has 2 N–H and O–H groups in total. The molecule has 1 aromatic rings. The Morgan fingerprint density at radius 2 is 1.90 bits per heavy atom. The van der Waals surface area contributed by atoms with Crippen LogP contribution in [0.1, 0.15) is 30.5 Å². The maximum atomic E-state index is 12.9. The number of hydrogen-bond donors (Lipinski definition) is 2. The van der Waals surface area contributed by atoms with Crippen molar-refractivity contribution in [2.45, 2.75) is 37.9 Å². The molecule has 9 heteroatoms. The number of ether oxygens (including phenoxy) is 2. The number of nitrogens with one attached hydrogen (secondary N) is 2. The number of allylic oxidation sites excluding steroid dienone is 1. The van der Waals surface area contributed by atoms with E-state index in [0.717, 1.165) is 5.56 Å². The zero-order valence-electron chi connectivity index (χ0n) is 16.9. The van der Waals surface area contributed by atoms with Gasteiger partial charge in [-0.2, -0.15) is 0 Å². The third-order valence-electron chi connectivity index (χ3n) is 4.65. The Kier molecular flexibility index (Phi) is 8.04. The van der Waals surface area contributed by atoms with Crippen LogP contribution in [-0.4, -0.2) is 55.6 Å². The molecule has 0 aliphatic carbocycles. The lowest BCUT2D eigenvalue weighted by atomic mass is 9.99. The summed E-state index contributed by atoms with van der Waals surface area (Å²) in [4.78, 5) is 37.3. The summed E-state index contributed by atoms with van der Waals surface area (Å²) in [5.41, 5.74) is 1.53. The molecule has 0 fully saturated rings. The Bertz CT molecular complexity index is 796. The molecule has 29 heavy (non-hydrogen) atoms. The first kappa shape index (κ1) is 22.7. The van der Waals surface area contributed by atoms with Crippen LogP contribution in [0.5, 0.6) is 5.75 Å². The molecule has 0 unspecified atom stereocenters. The summed E-state index contributed by atoms with van der Waals surface area (Å²) in [5, 5.41) is 5.27. The molecule has 2 bridgehead atoms. The van der Waals surface area contributed by atoms with Crippen LogP contribution in [-0.2, 0) is 25.5 Å². The third kappa shape index (κ3) is 5.71. The molecular formula is C20H26ClN3O5. The van der Waals surface area contributed by atoms with Crippen LogP contribution in [0.25, 0.3) is 0 Å². The van der Waals surface area contributed by atoms with Crippen LogP contribution in [0, 0.1) is 0 Å². The number of esters is 1. The van der Waals surface area contributed by atoms with E-state index < -0.39 is 35.9 Å². The minimum absolute atomic E-state index is 0.258. The minimum Gasteiger partial charge on any atom is -0.496 e. The highest BCUT2D eigenvalue weighted by atomic mass is 35.5. The second-order valence-corrected chi connectivity index (χ2v) is 7.26. The van der Waals surface area contributed by atoms with Gasteiger partial charge in [0.1, 0.15) is 23.9 Å². The van der Waals surface area contributed by atoms with E-state index in [0.29, 0.717) is 17.7 Å². The number of carbonyl (C=O) groups is 3. The molecule has 0 radical (unpaired) electrons. The Labute approximate surface area is 175 Å². The van der Waals surface area contributed by atoms with Crippen molar-refractivity contribution in [1.82, 2.24) is 15.1 Å². The van der Waals surface area contributed by atoms with Gasteiger partial charge in [0, 0.05) is 7.05 Å². The average molecular weight is 424 g/mol. The van der Waals surface area contributed by atoms with E-state index in [1.807, 2.05) is 12.1 Å². The van der Waals surface area contributed by atoms with Crippen LogP contribution >= 0.6 is 11.8 Å². The van der Waals surface area contributed by atoms with Gasteiger partial charge in [0.25, 0.3) is 0 Å². The van der Waals surface area contributed by atoms with Crippen LogP contribution in [0.3, 0.4) is 0 Å². The second kappa shape index (κ2) is 10.3. The van der Waals surface area contributed by atoms with Gasteiger partial charge in [0.2, 0.25) is 11.8 Å². The SMILES string of the molecule is COC(=O)[C@@H]1C/C=C/Cc2cc(ccc2OC)[C@H](N(C)Cl)C(=O)N[C@@H](C)C(=O)N1. The van der Waals surface area contributed by atoms with E-state index in [1.54, 1.807) is 32.4 Å². The summed E-state index contributed by atoms with van der Waals surface area (Å²) in [5.74, 6) is -0.825. The summed E-state index contributed by atoms with van der Waals surface area (Å²) >= 11 is 6.16. The minimum atomic E-state index is -0.876. The second-order valence-electron chi connectivity index (χ2n) is 6.72. The lowest BCUT2D eigenvalue weighted by Gasteiger charge is -2.25. The molecule has 0 saturated heterocycles. The van der Waals surface area contributed by atoms with Crippen LogP contribution in [0.4, 0.5) is 0 Å². The summed E-state index contributed by atoms with van der Waals surface area (Å²) in [6, 6.07) is 2.84. The van der Waals surface area contributed by atoms with Crippen molar-refractivity contribution < 1.29 is 23.9 Å². The molecule has 2 rings (SSSR count). The predicted molar refractivity (Wildman–Crippen MR) is 108 cm³/mol. The number of rotatable bonds is 3. The van der Waals surface area contributed by atoms with E-state index in [4.69, 9.17) is 21.3 Å². The first-order chi connectivity index (χ1) is 13.8. The quantitative estimate of drug-likeness (QED) is 0.434. The highest BCUT2D eigenvalue weighted by molar-refractivity contribution is 6.15. The lowest BCUT2D eigenvalue weighted by Crippen LogP contribution is -2.51. The fraction of sp³-hybridized carbons (Fsp3) is 0.450. The van der Waals surface area contributed by atoms with Crippen molar-refractivity contribution in [2.75, 3.05) is 21.3 Å². The van der Waals surface area contributed by atoms with Gasteiger partial charge in [-0.05, 0) is 54.8 Å². The summed E-state index contributed by atoms with van der Waals surface area (Å²) < 4.78 is 11.4. The fourth-order valence-corrected chi connectivity index (χ4v) is 3.30. The summed E-state index contributed by atoms with van der Waals surface area (Å²) in [7, 11) is 4.39. The van der Waals surface area contributed by atoms with Crippen molar-refractivity contribution in [3.63, 3.8) is 0 Å². The van der Waals surface area contributed by atoms with Gasteiger partial charge in [-0.25, -0.2) is 9.21 Å². The van der Waals surface area contributed by atoms with Gasteiger partial charge in [-0.15, -0.1) is 0 Å². The predicted octanol–water partition coefficient (Wildman–Crippen LogP) is 1.49. The van der Waals surface area contributed by atoms with Crippen molar-refractivity contribution >= 4 is 29.6 Å². The van der Waals surface area contributed by atoms with E-state index in [1.165, 1.54) is 18.5 Å². The maximum Gasteiger partial charge on any atom is 0.328 e. The van der Waals surface area contributed by atoms with Crippen LogP contribution in [0.15, 0.2) is 30.4 Å². The highest BCUT2D eigenvalue weighted by Crippen LogP contribution is 2.28. The molecule has 8 nitrogen and oxygen atoms in total. The summed E-state index contributed by atoms with van der Waals surface area (Å²) in [6.45, 7) is 1.54.